The van der Waals surface area contributed by atoms with Crippen LogP contribution in [-0.4, -0.2) is 24.0 Å². The van der Waals surface area contributed by atoms with E-state index in [0.29, 0.717) is 0 Å². The van der Waals surface area contributed by atoms with Crippen LogP contribution < -0.4 is 5.32 Å². The third-order valence-electron chi connectivity index (χ3n) is 3.62. The van der Waals surface area contributed by atoms with Gasteiger partial charge in [-0.25, -0.2) is 0 Å². The minimum absolute atomic E-state index is 0.176. The van der Waals surface area contributed by atoms with Crippen molar-refractivity contribution < 1.29 is 0 Å². The average Bonchev–Trinajstić information content (AvgIpc) is 2.36. The molecule has 2 nitrogen and oxygen atoms in total. The molecule has 1 N–H and O–H groups in total. The highest BCUT2D eigenvalue weighted by Crippen LogP contribution is 2.10. The Bertz CT molecular complexity index is 375. The summed E-state index contributed by atoms with van der Waals surface area (Å²) in [5.74, 6) is 0.773. The molecule has 2 heteroatoms. The van der Waals surface area contributed by atoms with E-state index in [1.807, 2.05) is 0 Å². The monoisotopic (exact) mass is 276 g/mol. The quantitative estimate of drug-likeness (QED) is 0.808. The topological polar surface area (TPSA) is 15.3 Å². The maximum atomic E-state index is 3.52. The molecular formula is C18H32N2. The number of hydrogen-bond acceptors (Lipinski definition) is 2. The molecule has 1 aromatic rings. The van der Waals surface area contributed by atoms with Crippen LogP contribution in [0.15, 0.2) is 24.3 Å². The minimum Gasteiger partial charge on any atom is -0.308 e. The Kier molecular flexibility index (Phi) is 6.70. The molecule has 1 unspecified atom stereocenters. The Morgan fingerprint density at radius 3 is 2.15 bits per heavy atom. The summed E-state index contributed by atoms with van der Waals surface area (Å²) >= 11 is 0. The van der Waals surface area contributed by atoms with Crippen LogP contribution in [0.5, 0.6) is 0 Å². The van der Waals surface area contributed by atoms with Gasteiger partial charge >= 0.3 is 0 Å². The first-order chi connectivity index (χ1) is 9.30. The van der Waals surface area contributed by atoms with Gasteiger partial charge in [-0.1, -0.05) is 44.5 Å². The van der Waals surface area contributed by atoms with Gasteiger partial charge < -0.3 is 10.2 Å². The van der Waals surface area contributed by atoms with Crippen LogP contribution in [0, 0.1) is 5.92 Å². The lowest BCUT2D eigenvalue weighted by Gasteiger charge is -2.21. The van der Waals surface area contributed by atoms with Crippen LogP contribution in [-0.2, 0) is 13.1 Å². The lowest BCUT2D eigenvalue weighted by atomic mass is 10.1. The van der Waals surface area contributed by atoms with Crippen molar-refractivity contribution in [3.8, 4) is 0 Å². The molecule has 20 heavy (non-hydrogen) atoms. The minimum atomic E-state index is 0.176. The van der Waals surface area contributed by atoms with Gasteiger partial charge in [-0.05, 0) is 44.9 Å². The highest BCUT2D eigenvalue weighted by atomic mass is 15.1. The van der Waals surface area contributed by atoms with E-state index in [2.05, 4.69) is 76.1 Å². The Labute approximate surface area is 125 Å². The molecule has 0 aliphatic rings. The summed E-state index contributed by atoms with van der Waals surface area (Å²) in [6.45, 7) is 14.3. The van der Waals surface area contributed by atoms with Crippen LogP contribution in [0.3, 0.4) is 0 Å². The van der Waals surface area contributed by atoms with Gasteiger partial charge in [0.1, 0.15) is 0 Å². The average molecular weight is 276 g/mol. The zero-order valence-corrected chi connectivity index (χ0v) is 14.2. The first-order valence-electron chi connectivity index (χ1n) is 7.81. The summed E-state index contributed by atoms with van der Waals surface area (Å²) in [5.41, 5.74) is 2.93. The molecule has 1 aromatic carbocycles. The lowest BCUT2D eigenvalue weighted by Crippen LogP contribution is -2.35. The Hall–Kier alpha value is -0.860. The van der Waals surface area contributed by atoms with Crippen molar-refractivity contribution in [3.63, 3.8) is 0 Å². The van der Waals surface area contributed by atoms with Crippen molar-refractivity contribution in [2.24, 2.45) is 5.92 Å². The van der Waals surface area contributed by atoms with E-state index < -0.39 is 0 Å². The molecular weight excluding hydrogens is 244 g/mol. The van der Waals surface area contributed by atoms with E-state index in [4.69, 9.17) is 0 Å². The maximum absolute atomic E-state index is 3.52. The van der Waals surface area contributed by atoms with E-state index in [1.54, 1.807) is 0 Å². The summed E-state index contributed by atoms with van der Waals surface area (Å²) in [5, 5.41) is 3.52. The van der Waals surface area contributed by atoms with E-state index in [-0.39, 0.29) is 5.54 Å². The van der Waals surface area contributed by atoms with Crippen LogP contribution in [0.1, 0.15) is 52.2 Å². The Balaban J connectivity index is 2.46. The van der Waals surface area contributed by atoms with E-state index >= 15 is 0 Å². The number of benzene rings is 1. The fourth-order valence-electron chi connectivity index (χ4n) is 2.17. The van der Waals surface area contributed by atoms with Gasteiger partial charge in [0.05, 0.1) is 0 Å². The molecule has 0 fully saturated rings. The second kappa shape index (κ2) is 7.80. The molecule has 0 aliphatic heterocycles. The third kappa shape index (κ3) is 7.06. The van der Waals surface area contributed by atoms with Gasteiger partial charge in [0.15, 0.2) is 0 Å². The molecule has 1 atom stereocenters. The molecule has 0 bridgehead atoms. The smallest absolute Gasteiger partial charge is 0.0230 e. The van der Waals surface area contributed by atoms with Gasteiger partial charge in [-0.3, -0.25) is 0 Å². The molecule has 0 saturated heterocycles. The van der Waals surface area contributed by atoms with Crippen molar-refractivity contribution in [2.45, 2.75) is 59.7 Å². The third-order valence-corrected chi connectivity index (χ3v) is 3.62. The second-order valence-corrected chi connectivity index (χ2v) is 7.13. The predicted molar refractivity (Wildman–Crippen MR) is 88.8 cm³/mol. The van der Waals surface area contributed by atoms with Gasteiger partial charge in [-0.15, -0.1) is 0 Å². The Morgan fingerprint density at radius 2 is 1.65 bits per heavy atom. The fraction of sp³-hybridized carbons (Fsp3) is 0.667. The number of nitrogens with zero attached hydrogens (tertiary/aromatic N) is 1. The van der Waals surface area contributed by atoms with Gasteiger partial charge in [0.2, 0.25) is 0 Å². The number of rotatable bonds is 7. The summed E-state index contributed by atoms with van der Waals surface area (Å²) in [6, 6.07) is 9.00. The highest BCUT2D eigenvalue weighted by molar-refractivity contribution is 5.22. The van der Waals surface area contributed by atoms with Gasteiger partial charge in [0, 0.05) is 25.2 Å². The zero-order valence-electron chi connectivity index (χ0n) is 14.2. The second-order valence-electron chi connectivity index (χ2n) is 7.13. The van der Waals surface area contributed by atoms with Crippen molar-refractivity contribution in [2.75, 3.05) is 13.6 Å². The maximum Gasteiger partial charge on any atom is 0.0230 e. The van der Waals surface area contributed by atoms with E-state index in [1.165, 1.54) is 24.1 Å². The summed E-state index contributed by atoms with van der Waals surface area (Å²) in [6.07, 6.45) is 1.25. The van der Waals surface area contributed by atoms with E-state index in [9.17, 15) is 0 Å². The van der Waals surface area contributed by atoms with Crippen molar-refractivity contribution >= 4 is 0 Å². The van der Waals surface area contributed by atoms with Crippen molar-refractivity contribution in [3.05, 3.63) is 35.4 Å². The lowest BCUT2D eigenvalue weighted by molar-refractivity contribution is 0.275. The molecule has 0 aromatic heterocycles. The van der Waals surface area contributed by atoms with Crippen LogP contribution in [0.25, 0.3) is 0 Å². The summed E-state index contributed by atoms with van der Waals surface area (Å²) in [7, 11) is 2.21. The summed E-state index contributed by atoms with van der Waals surface area (Å²) < 4.78 is 0. The molecule has 0 aliphatic carbocycles. The van der Waals surface area contributed by atoms with Gasteiger partial charge in [0.25, 0.3) is 0 Å². The summed E-state index contributed by atoms with van der Waals surface area (Å²) in [4.78, 5) is 2.41. The van der Waals surface area contributed by atoms with Crippen LogP contribution in [0.2, 0.25) is 0 Å². The zero-order chi connectivity index (χ0) is 15.2. The standard InChI is InChI=1S/C18H32N2/c1-7-15(2)13-20(6)14-17-10-8-16(9-11-17)12-19-18(3,4)5/h8-11,15,19H,7,12-14H2,1-6H3. The number of hydrogen-bond donors (Lipinski definition) is 1. The molecule has 0 amide bonds. The highest BCUT2D eigenvalue weighted by Gasteiger charge is 2.08. The van der Waals surface area contributed by atoms with Crippen molar-refractivity contribution in [1.29, 1.82) is 0 Å². The van der Waals surface area contributed by atoms with Gasteiger partial charge in [-0.2, -0.15) is 0 Å². The van der Waals surface area contributed by atoms with Crippen LogP contribution in [0.4, 0.5) is 0 Å². The molecule has 0 spiro atoms. The first-order valence-corrected chi connectivity index (χ1v) is 7.81. The van der Waals surface area contributed by atoms with E-state index in [0.717, 1.165) is 19.0 Å². The molecule has 0 heterocycles. The predicted octanol–water partition coefficient (Wildman–Crippen LogP) is 4.05. The first kappa shape index (κ1) is 17.2. The molecule has 0 saturated carbocycles. The molecule has 114 valence electrons. The normalized spacial score (nSPS) is 13.8. The number of nitrogens with one attached hydrogen (secondary N) is 1. The fourth-order valence-corrected chi connectivity index (χ4v) is 2.17. The molecule has 0 radical (unpaired) electrons. The van der Waals surface area contributed by atoms with Crippen molar-refractivity contribution in [1.82, 2.24) is 10.2 Å². The molecule has 1 rings (SSSR count). The SMILES string of the molecule is CCC(C)CN(C)Cc1ccc(CNC(C)(C)C)cc1. The Morgan fingerprint density at radius 1 is 1.10 bits per heavy atom. The largest absolute Gasteiger partial charge is 0.308 e. The van der Waals surface area contributed by atoms with Crippen LogP contribution >= 0.6 is 0 Å².